The van der Waals surface area contributed by atoms with E-state index >= 15 is 0 Å². The summed E-state index contributed by atoms with van der Waals surface area (Å²) in [4.78, 5) is 25.8. The number of hydrogen-bond donors (Lipinski definition) is 2. The number of nitrogens with two attached hydrogens (primary N) is 1. The van der Waals surface area contributed by atoms with Gasteiger partial charge in [-0.2, -0.15) is 10.5 Å². The molecule has 0 atom stereocenters. The molecule has 1 aromatic heterocycles. The van der Waals surface area contributed by atoms with Crippen LogP contribution in [0.15, 0.2) is 29.1 Å². The number of nitriles is 2. The van der Waals surface area contributed by atoms with E-state index < -0.39 is 5.56 Å². The maximum Gasteiger partial charge on any atom is 0.314 e. The maximum atomic E-state index is 11.9. The number of carbonyl (C=O) groups is 1. The van der Waals surface area contributed by atoms with Gasteiger partial charge in [0.05, 0.1) is 5.92 Å². The summed E-state index contributed by atoms with van der Waals surface area (Å²) in [5.41, 5.74) is 5.48. The molecule has 0 spiro atoms. The van der Waals surface area contributed by atoms with Gasteiger partial charge in [-0.25, -0.2) is 0 Å². The van der Waals surface area contributed by atoms with Crippen molar-refractivity contribution in [1.82, 2.24) is 4.98 Å². The molecule has 1 heterocycles. The van der Waals surface area contributed by atoms with Crippen LogP contribution in [0, 0.1) is 28.6 Å². The molecule has 0 saturated heterocycles. The molecule has 0 bridgehead atoms. The van der Waals surface area contributed by atoms with Gasteiger partial charge >= 0.3 is 5.97 Å². The normalized spacial score (nSPS) is 12.9. The average molecular weight is 320 g/mol. The van der Waals surface area contributed by atoms with Gasteiger partial charge in [-0.15, -0.1) is 0 Å². The lowest BCUT2D eigenvalue weighted by Crippen LogP contribution is -2.16. The highest BCUT2D eigenvalue weighted by Gasteiger charge is 2.31. The highest BCUT2D eigenvalue weighted by Crippen LogP contribution is 2.32. The summed E-state index contributed by atoms with van der Waals surface area (Å²) in [5.74, 6) is -0.0164. The Morgan fingerprint density at radius 1 is 1.17 bits per heavy atom. The third-order valence-corrected chi connectivity index (χ3v) is 3.74. The molecule has 7 nitrogen and oxygen atoms in total. The number of ether oxygens (including phenoxy) is 1. The van der Waals surface area contributed by atoms with Gasteiger partial charge in [0, 0.05) is 5.56 Å². The Morgan fingerprint density at radius 2 is 1.79 bits per heavy atom. The number of aromatic nitrogens is 1. The molecule has 0 radical (unpaired) electrons. The third kappa shape index (κ3) is 2.71. The van der Waals surface area contributed by atoms with E-state index in [2.05, 4.69) is 4.98 Å². The lowest BCUT2D eigenvalue weighted by atomic mass is 9.96. The van der Waals surface area contributed by atoms with E-state index in [-0.39, 0.29) is 34.4 Å². The first-order chi connectivity index (χ1) is 11.5. The van der Waals surface area contributed by atoms with E-state index in [0.29, 0.717) is 11.3 Å². The number of nitrogen functional groups attached to an aromatic ring is 1. The van der Waals surface area contributed by atoms with Crippen LogP contribution in [0.2, 0.25) is 0 Å². The second kappa shape index (κ2) is 5.90. The molecule has 1 fully saturated rings. The molecular formula is C17H12N4O3. The summed E-state index contributed by atoms with van der Waals surface area (Å²) >= 11 is 0. The summed E-state index contributed by atoms with van der Waals surface area (Å²) in [7, 11) is 0. The van der Waals surface area contributed by atoms with Crippen LogP contribution < -0.4 is 16.0 Å². The topological polar surface area (TPSA) is 133 Å². The van der Waals surface area contributed by atoms with Crippen molar-refractivity contribution in [2.24, 2.45) is 5.92 Å². The number of esters is 1. The van der Waals surface area contributed by atoms with Crippen LogP contribution in [-0.2, 0) is 4.79 Å². The molecule has 2 aromatic rings. The van der Waals surface area contributed by atoms with Crippen LogP contribution in [0.1, 0.15) is 24.0 Å². The lowest BCUT2D eigenvalue weighted by Gasteiger charge is -2.09. The van der Waals surface area contributed by atoms with Crippen LogP contribution in [0.5, 0.6) is 5.75 Å². The van der Waals surface area contributed by atoms with Gasteiger partial charge < -0.3 is 15.5 Å². The third-order valence-electron chi connectivity index (χ3n) is 3.74. The number of rotatable bonds is 3. The van der Waals surface area contributed by atoms with Crippen LogP contribution in [0.25, 0.3) is 11.1 Å². The standard InChI is InChI=1S/C17H12N4O3/c18-7-12-14(13(8-19)16(22)21-15(12)20)9-3-5-11(6-4-9)24-17(23)10-1-2-10/h3-6,10H,1-2H2,(H3,20,21,22). The van der Waals surface area contributed by atoms with Crippen molar-refractivity contribution in [1.29, 1.82) is 10.5 Å². The summed E-state index contributed by atoms with van der Waals surface area (Å²) in [5, 5.41) is 18.5. The fourth-order valence-electron chi connectivity index (χ4n) is 2.34. The quantitative estimate of drug-likeness (QED) is 0.653. The fourth-order valence-corrected chi connectivity index (χ4v) is 2.34. The Morgan fingerprint density at radius 3 is 2.33 bits per heavy atom. The number of aromatic amines is 1. The van der Waals surface area contributed by atoms with Crippen molar-refractivity contribution >= 4 is 11.8 Å². The summed E-state index contributed by atoms with van der Waals surface area (Å²) in [6, 6.07) is 9.95. The van der Waals surface area contributed by atoms with Gasteiger partial charge in [-0.3, -0.25) is 9.59 Å². The van der Waals surface area contributed by atoms with Crippen LogP contribution >= 0.6 is 0 Å². The van der Waals surface area contributed by atoms with E-state index in [1.54, 1.807) is 30.3 Å². The molecule has 3 N–H and O–H groups in total. The van der Waals surface area contributed by atoms with Crippen molar-refractivity contribution < 1.29 is 9.53 Å². The number of carbonyl (C=O) groups excluding carboxylic acids is 1. The van der Waals surface area contributed by atoms with Gasteiger partial charge in [0.2, 0.25) is 0 Å². The molecule has 0 unspecified atom stereocenters. The fraction of sp³-hybridized carbons (Fsp3) is 0.176. The van der Waals surface area contributed by atoms with Crippen molar-refractivity contribution in [3.8, 4) is 29.0 Å². The summed E-state index contributed by atoms with van der Waals surface area (Å²) in [6.07, 6.45) is 1.69. The first-order valence-electron chi connectivity index (χ1n) is 7.23. The zero-order chi connectivity index (χ0) is 17.3. The minimum Gasteiger partial charge on any atom is -0.426 e. The Kier molecular flexibility index (Phi) is 3.77. The minimum atomic E-state index is -0.659. The Labute approximate surface area is 136 Å². The number of anilines is 1. The second-order valence-corrected chi connectivity index (χ2v) is 5.44. The highest BCUT2D eigenvalue weighted by atomic mass is 16.5. The summed E-state index contributed by atoms with van der Waals surface area (Å²) in [6.45, 7) is 0. The smallest absolute Gasteiger partial charge is 0.314 e. The first-order valence-corrected chi connectivity index (χ1v) is 7.23. The second-order valence-electron chi connectivity index (χ2n) is 5.44. The van der Waals surface area contributed by atoms with Gasteiger partial charge in [0.15, 0.2) is 0 Å². The molecule has 1 aromatic carbocycles. The van der Waals surface area contributed by atoms with Crippen molar-refractivity contribution in [2.45, 2.75) is 12.8 Å². The Bertz CT molecular complexity index is 958. The molecule has 1 saturated carbocycles. The van der Waals surface area contributed by atoms with Crippen LogP contribution in [0.4, 0.5) is 5.82 Å². The maximum absolute atomic E-state index is 11.9. The zero-order valence-corrected chi connectivity index (χ0v) is 12.5. The molecule has 1 aliphatic carbocycles. The predicted octanol–water partition coefficient (Wildman–Crippen LogP) is 1.68. The molecule has 3 rings (SSSR count). The van der Waals surface area contributed by atoms with Crippen molar-refractivity contribution in [3.05, 3.63) is 45.7 Å². The predicted molar refractivity (Wildman–Crippen MR) is 84.7 cm³/mol. The molecule has 0 aliphatic heterocycles. The van der Waals surface area contributed by atoms with Crippen molar-refractivity contribution in [3.63, 3.8) is 0 Å². The Balaban J connectivity index is 2.03. The average Bonchev–Trinajstić information content (AvgIpc) is 3.40. The van der Waals surface area contributed by atoms with Gasteiger partial charge in [0.1, 0.15) is 34.8 Å². The van der Waals surface area contributed by atoms with Crippen LogP contribution in [0.3, 0.4) is 0 Å². The number of nitrogens with zero attached hydrogens (tertiary/aromatic N) is 2. The largest absolute Gasteiger partial charge is 0.426 e. The molecule has 7 heteroatoms. The first kappa shape index (κ1) is 15.3. The number of pyridine rings is 1. The molecule has 0 amide bonds. The van der Waals surface area contributed by atoms with Gasteiger partial charge in [0.25, 0.3) is 5.56 Å². The van der Waals surface area contributed by atoms with E-state index in [1.807, 2.05) is 6.07 Å². The molecule has 118 valence electrons. The molecule has 24 heavy (non-hydrogen) atoms. The molecular weight excluding hydrogens is 308 g/mol. The number of H-pyrrole nitrogens is 1. The SMILES string of the molecule is N#Cc1c(N)[nH]c(=O)c(C#N)c1-c1ccc(OC(=O)C2CC2)cc1. The number of nitrogens with one attached hydrogen (secondary N) is 1. The van der Waals surface area contributed by atoms with Crippen LogP contribution in [-0.4, -0.2) is 11.0 Å². The van der Waals surface area contributed by atoms with E-state index in [4.69, 9.17) is 10.5 Å². The summed E-state index contributed by atoms with van der Waals surface area (Å²) < 4.78 is 5.23. The number of hydrogen-bond acceptors (Lipinski definition) is 6. The lowest BCUT2D eigenvalue weighted by molar-refractivity contribution is -0.135. The van der Waals surface area contributed by atoms with E-state index in [1.165, 1.54) is 0 Å². The van der Waals surface area contributed by atoms with E-state index in [9.17, 15) is 20.1 Å². The minimum absolute atomic E-state index is 0.0208. The number of benzene rings is 1. The van der Waals surface area contributed by atoms with Gasteiger partial charge in [-0.05, 0) is 30.5 Å². The van der Waals surface area contributed by atoms with Gasteiger partial charge in [-0.1, -0.05) is 12.1 Å². The van der Waals surface area contributed by atoms with Crippen molar-refractivity contribution in [2.75, 3.05) is 5.73 Å². The Hall–Kier alpha value is -3.58. The monoisotopic (exact) mass is 320 g/mol. The molecule has 1 aliphatic rings. The highest BCUT2D eigenvalue weighted by molar-refractivity contribution is 5.81. The van der Waals surface area contributed by atoms with E-state index in [0.717, 1.165) is 12.8 Å². The zero-order valence-electron chi connectivity index (χ0n) is 12.5.